The highest BCUT2D eigenvalue weighted by molar-refractivity contribution is 9.09. The first-order valence-corrected chi connectivity index (χ1v) is 14.6. The monoisotopic (exact) mass is 596 g/mol. The van der Waals surface area contributed by atoms with Crippen LogP contribution < -0.4 is 0 Å². The van der Waals surface area contributed by atoms with Crippen LogP contribution in [0.4, 0.5) is 0 Å². The molecule has 9 heteroatoms. The summed E-state index contributed by atoms with van der Waals surface area (Å²) in [5.41, 5.74) is -1.81. The summed E-state index contributed by atoms with van der Waals surface area (Å²) in [7, 11) is 0. The Balaban J connectivity index is 2.11. The van der Waals surface area contributed by atoms with E-state index >= 15 is 0 Å². The number of ether oxygens (including phenoxy) is 2. The number of halogens is 1. The van der Waals surface area contributed by atoms with Crippen LogP contribution in [0.15, 0.2) is 25.3 Å². The Morgan fingerprint density at radius 2 is 1.95 bits per heavy atom. The molecule has 0 aromatic carbocycles. The van der Waals surface area contributed by atoms with Crippen LogP contribution in [0, 0.1) is 17.3 Å². The van der Waals surface area contributed by atoms with Gasteiger partial charge >= 0.3 is 5.97 Å². The molecule has 0 saturated carbocycles. The van der Waals surface area contributed by atoms with Crippen LogP contribution in [0.1, 0.15) is 67.2 Å². The molecule has 214 valence electrons. The van der Waals surface area contributed by atoms with Gasteiger partial charge in [-0.25, -0.2) is 0 Å². The van der Waals surface area contributed by atoms with Gasteiger partial charge in [0, 0.05) is 16.9 Å². The van der Waals surface area contributed by atoms with Crippen molar-refractivity contribution in [3.63, 3.8) is 0 Å². The summed E-state index contributed by atoms with van der Waals surface area (Å²) < 4.78 is 12.1. The fraction of sp³-hybridized carbons (Fsp3) is 0.759. The molecule has 0 aliphatic carbocycles. The van der Waals surface area contributed by atoms with Crippen LogP contribution in [0.25, 0.3) is 0 Å². The van der Waals surface area contributed by atoms with Crippen molar-refractivity contribution in [1.82, 2.24) is 9.80 Å². The summed E-state index contributed by atoms with van der Waals surface area (Å²) in [5, 5.41) is 10.3. The molecule has 7 atom stereocenters. The lowest BCUT2D eigenvalue weighted by Gasteiger charge is -2.46. The van der Waals surface area contributed by atoms with E-state index in [-0.39, 0.29) is 35.3 Å². The molecule has 2 amide bonds. The van der Waals surface area contributed by atoms with E-state index in [1.807, 2.05) is 20.8 Å². The van der Waals surface area contributed by atoms with E-state index in [4.69, 9.17) is 9.47 Å². The van der Waals surface area contributed by atoms with Crippen molar-refractivity contribution in [3.05, 3.63) is 25.3 Å². The zero-order valence-electron chi connectivity index (χ0n) is 23.7. The van der Waals surface area contributed by atoms with Crippen molar-refractivity contribution in [3.8, 4) is 0 Å². The standard InChI is InChI=1S/C29H45BrN2O6/c1-9-12-14-37-26(36)20-21-24(34)32(18(11-3)16-33)23(29(21)15-19(30)22(20)38-29)25(35)31(13-10-2)28(7,8)17-27(4,5)6/h9-10,18-23,33H,1-2,11-17H2,3-8H3/t18-,19?,20+,21-,22+,23?,29?/m0/s1. The van der Waals surface area contributed by atoms with E-state index in [9.17, 15) is 19.5 Å². The lowest BCUT2D eigenvalue weighted by Crippen LogP contribution is -2.62. The molecule has 3 rings (SSSR count). The second kappa shape index (κ2) is 11.4. The van der Waals surface area contributed by atoms with E-state index in [2.05, 4.69) is 49.9 Å². The first-order valence-electron chi connectivity index (χ1n) is 13.7. The number of rotatable bonds is 12. The molecule has 3 heterocycles. The van der Waals surface area contributed by atoms with Gasteiger partial charge in [0.25, 0.3) is 0 Å². The molecular weight excluding hydrogens is 552 g/mol. The summed E-state index contributed by atoms with van der Waals surface area (Å²) in [6.07, 6.45) is 4.86. The Morgan fingerprint density at radius 3 is 2.47 bits per heavy atom. The molecule has 2 bridgehead atoms. The highest BCUT2D eigenvalue weighted by Crippen LogP contribution is 2.61. The number of aliphatic hydroxyl groups is 1. The predicted octanol–water partition coefficient (Wildman–Crippen LogP) is 3.85. The minimum atomic E-state index is -1.20. The number of hydrogen-bond acceptors (Lipinski definition) is 6. The third kappa shape index (κ3) is 5.35. The Bertz CT molecular complexity index is 942. The molecule has 3 aliphatic heterocycles. The van der Waals surface area contributed by atoms with E-state index in [0.717, 1.165) is 6.42 Å². The third-order valence-electron chi connectivity index (χ3n) is 8.15. The van der Waals surface area contributed by atoms with Crippen LogP contribution in [0.3, 0.4) is 0 Å². The van der Waals surface area contributed by atoms with Crippen molar-refractivity contribution >= 4 is 33.7 Å². The van der Waals surface area contributed by atoms with Gasteiger partial charge in [-0.15, -0.1) is 13.2 Å². The third-order valence-corrected chi connectivity index (χ3v) is 8.99. The number of hydrogen-bond donors (Lipinski definition) is 1. The fourth-order valence-corrected chi connectivity index (χ4v) is 8.01. The number of nitrogens with zero attached hydrogens (tertiary/aromatic N) is 2. The summed E-state index contributed by atoms with van der Waals surface area (Å²) >= 11 is 3.68. The Hall–Kier alpha value is -1.71. The van der Waals surface area contributed by atoms with Gasteiger partial charge in [-0.05, 0) is 44.9 Å². The molecule has 8 nitrogen and oxygen atoms in total. The number of amides is 2. The van der Waals surface area contributed by atoms with E-state index in [0.29, 0.717) is 25.8 Å². The Kier molecular flexibility index (Phi) is 9.26. The molecule has 1 spiro atoms. The van der Waals surface area contributed by atoms with Gasteiger partial charge in [-0.3, -0.25) is 14.4 Å². The highest BCUT2D eigenvalue weighted by Gasteiger charge is 2.77. The predicted molar refractivity (Wildman–Crippen MR) is 150 cm³/mol. The lowest BCUT2D eigenvalue weighted by molar-refractivity contribution is -0.158. The van der Waals surface area contributed by atoms with Crippen LogP contribution in [0.5, 0.6) is 0 Å². The normalized spacial score (nSPS) is 31.2. The maximum atomic E-state index is 14.7. The Morgan fingerprint density at radius 1 is 1.29 bits per heavy atom. The second-order valence-electron chi connectivity index (χ2n) is 12.7. The number of likely N-dealkylation sites (tertiary alicyclic amines) is 1. The SMILES string of the molecule is C=CCCOC(=O)[C@H]1[C@@H]2OC3(CC2Br)C(C(=O)N(CC=C)C(C)(C)CC(C)(C)C)N([C@@H](CC)CO)C(=O)[C@H]13. The van der Waals surface area contributed by atoms with Crippen molar-refractivity contribution in [2.75, 3.05) is 19.8 Å². The topological polar surface area (TPSA) is 96.4 Å². The van der Waals surface area contributed by atoms with Crippen LogP contribution in [0.2, 0.25) is 0 Å². The number of alkyl halides is 1. The smallest absolute Gasteiger partial charge is 0.312 e. The van der Waals surface area contributed by atoms with Gasteiger partial charge in [0.1, 0.15) is 11.6 Å². The highest BCUT2D eigenvalue weighted by atomic mass is 79.9. The molecular formula is C29H45BrN2O6. The summed E-state index contributed by atoms with van der Waals surface area (Å²) in [6, 6.07) is -1.56. The zero-order chi connectivity index (χ0) is 28.6. The van der Waals surface area contributed by atoms with E-state index < -0.39 is 47.1 Å². The lowest BCUT2D eigenvalue weighted by atomic mass is 9.70. The van der Waals surface area contributed by atoms with E-state index in [1.54, 1.807) is 17.1 Å². The molecule has 1 N–H and O–H groups in total. The molecule has 3 saturated heterocycles. The number of fused-ring (bicyclic) bond motifs is 1. The van der Waals surface area contributed by atoms with E-state index in [1.165, 1.54) is 4.90 Å². The number of esters is 1. The average molecular weight is 598 g/mol. The second-order valence-corrected chi connectivity index (χ2v) is 13.9. The molecule has 0 aromatic rings. The molecule has 0 aromatic heterocycles. The molecule has 3 unspecified atom stereocenters. The fourth-order valence-electron chi connectivity index (χ4n) is 7.07. The first-order chi connectivity index (χ1) is 17.7. The number of carbonyl (C=O) groups is 3. The summed E-state index contributed by atoms with van der Waals surface area (Å²) in [4.78, 5) is 45.2. The molecule has 38 heavy (non-hydrogen) atoms. The zero-order valence-corrected chi connectivity index (χ0v) is 25.3. The first kappa shape index (κ1) is 30.8. The van der Waals surface area contributed by atoms with Gasteiger partial charge in [-0.1, -0.05) is 55.8 Å². The van der Waals surface area contributed by atoms with Crippen molar-refractivity contribution < 1.29 is 29.0 Å². The largest absolute Gasteiger partial charge is 0.465 e. The van der Waals surface area contributed by atoms with Gasteiger partial charge in [-0.2, -0.15) is 0 Å². The quantitative estimate of drug-likeness (QED) is 0.159. The maximum absolute atomic E-state index is 14.7. The van der Waals surface area contributed by atoms with Crippen LogP contribution in [-0.2, 0) is 23.9 Å². The minimum Gasteiger partial charge on any atom is -0.465 e. The summed E-state index contributed by atoms with van der Waals surface area (Å²) in [5.74, 6) is -2.77. The average Bonchev–Trinajstić information content (AvgIpc) is 3.40. The molecule has 0 radical (unpaired) electrons. The number of aliphatic hydroxyl groups excluding tert-OH is 1. The minimum absolute atomic E-state index is 0.0597. The van der Waals surface area contributed by atoms with Crippen LogP contribution >= 0.6 is 15.9 Å². The van der Waals surface area contributed by atoms with Crippen molar-refractivity contribution in [2.45, 2.75) is 101 Å². The van der Waals surface area contributed by atoms with Crippen LogP contribution in [-0.4, -0.2) is 86.6 Å². The van der Waals surface area contributed by atoms with Gasteiger partial charge in [0.05, 0.1) is 37.2 Å². The molecule has 3 fully saturated rings. The molecule has 3 aliphatic rings. The van der Waals surface area contributed by atoms with Gasteiger partial charge in [0.2, 0.25) is 11.8 Å². The van der Waals surface area contributed by atoms with Gasteiger partial charge in [0.15, 0.2) is 0 Å². The van der Waals surface area contributed by atoms with Crippen molar-refractivity contribution in [2.24, 2.45) is 17.3 Å². The summed E-state index contributed by atoms with van der Waals surface area (Å²) in [6.45, 7) is 20.0. The maximum Gasteiger partial charge on any atom is 0.312 e. The number of carbonyl (C=O) groups excluding carboxylic acids is 3. The van der Waals surface area contributed by atoms with Gasteiger partial charge < -0.3 is 24.4 Å². The Labute approximate surface area is 235 Å². The van der Waals surface area contributed by atoms with Crippen molar-refractivity contribution in [1.29, 1.82) is 0 Å².